The van der Waals surface area contributed by atoms with Crippen molar-refractivity contribution in [1.82, 2.24) is 4.98 Å². The van der Waals surface area contributed by atoms with Crippen LogP contribution in [0.3, 0.4) is 0 Å². The van der Waals surface area contributed by atoms with Crippen molar-refractivity contribution in [2.24, 2.45) is 5.73 Å². The predicted molar refractivity (Wildman–Crippen MR) is 73.3 cm³/mol. The molecule has 1 aromatic carbocycles. The van der Waals surface area contributed by atoms with Gasteiger partial charge in [-0.25, -0.2) is 0 Å². The highest BCUT2D eigenvalue weighted by Crippen LogP contribution is 2.32. The molecule has 0 fully saturated rings. The molecule has 18 heavy (non-hydrogen) atoms. The van der Waals surface area contributed by atoms with E-state index in [2.05, 4.69) is 4.98 Å². The Balaban J connectivity index is 2.48. The van der Waals surface area contributed by atoms with Crippen LogP contribution in [-0.4, -0.2) is 12.1 Å². The van der Waals surface area contributed by atoms with E-state index in [0.717, 1.165) is 5.56 Å². The van der Waals surface area contributed by atoms with Crippen LogP contribution < -0.4 is 10.5 Å². The van der Waals surface area contributed by atoms with Crippen molar-refractivity contribution in [3.63, 3.8) is 0 Å². The molecule has 0 aliphatic heterocycles. The van der Waals surface area contributed by atoms with Crippen molar-refractivity contribution in [1.29, 1.82) is 0 Å². The van der Waals surface area contributed by atoms with Crippen LogP contribution in [0.1, 0.15) is 17.3 Å². The monoisotopic (exact) mass is 282 g/mol. The van der Waals surface area contributed by atoms with Gasteiger partial charge in [0.15, 0.2) is 0 Å². The maximum absolute atomic E-state index is 6.18. The minimum atomic E-state index is -0.479. The minimum absolute atomic E-state index is 0.479. The first-order valence-corrected chi connectivity index (χ1v) is 6.08. The second kappa shape index (κ2) is 5.57. The Kier molecular flexibility index (Phi) is 4.07. The van der Waals surface area contributed by atoms with Crippen LogP contribution in [0.15, 0.2) is 36.5 Å². The average molecular weight is 283 g/mol. The molecule has 0 bridgehead atoms. The number of rotatable bonds is 3. The summed E-state index contributed by atoms with van der Waals surface area (Å²) in [4.78, 5) is 4.20. The molecule has 1 aromatic heterocycles. The first kappa shape index (κ1) is 13.1. The maximum atomic E-state index is 6.18. The van der Waals surface area contributed by atoms with E-state index in [4.69, 9.17) is 33.7 Å². The highest BCUT2D eigenvalue weighted by Gasteiger charge is 2.18. The van der Waals surface area contributed by atoms with E-state index < -0.39 is 6.04 Å². The number of methoxy groups -OCH3 is 1. The molecule has 0 amide bonds. The summed E-state index contributed by atoms with van der Waals surface area (Å²) in [6, 6.07) is 8.31. The minimum Gasteiger partial charge on any atom is -0.496 e. The molecule has 0 aliphatic carbocycles. The lowest BCUT2D eigenvalue weighted by molar-refractivity contribution is 0.407. The summed E-state index contributed by atoms with van der Waals surface area (Å²) in [5.41, 5.74) is 7.53. The van der Waals surface area contributed by atoms with Gasteiger partial charge < -0.3 is 10.5 Å². The molecule has 2 rings (SSSR count). The van der Waals surface area contributed by atoms with Crippen molar-refractivity contribution in [3.8, 4) is 5.75 Å². The summed E-state index contributed by atoms with van der Waals surface area (Å²) < 4.78 is 5.27. The molecular weight excluding hydrogens is 271 g/mol. The van der Waals surface area contributed by atoms with Gasteiger partial charge in [0.2, 0.25) is 0 Å². The molecule has 5 heteroatoms. The Labute approximate surface area is 115 Å². The Bertz CT molecular complexity index is 560. The number of hydrogen-bond donors (Lipinski definition) is 1. The van der Waals surface area contributed by atoms with Gasteiger partial charge in [0.1, 0.15) is 5.75 Å². The van der Waals surface area contributed by atoms with Crippen molar-refractivity contribution in [2.45, 2.75) is 6.04 Å². The predicted octanol–water partition coefficient (Wildman–Crippen LogP) is 3.45. The zero-order valence-corrected chi connectivity index (χ0v) is 11.2. The van der Waals surface area contributed by atoms with Gasteiger partial charge in [-0.05, 0) is 30.3 Å². The second-order valence-electron chi connectivity index (χ2n) is 3.73. The molecule has 1 unspecified atom stereocenters. The molecule has 3 nitrogen and oxygen atoms in total. The number of ether oxygens (including phenoxy) is 1. The van der Waals surface area contributed by atoms with Crippen LogP contribution in [-0.2, 0) is 0 Å². The van der Waals surface area contributed by atoms with E-state index >= 15 is 0 Å². The Morgan fingerprint density at radius 2 is 2.06 bits per heavy atom. The molecule has 0 saturated heterocycles. The van der Waals surface area contributed by atoms with Gasteiger partial charge in [-0.1, -0.05) is 23.2 Å². The number of halogens is 2. The van der Waals surface area contributed by atoms with E-state index in [1.54, 1.807) is 43.6 Å². The highest BCUT2D eigenvalue weighted by atomic mass is 35.5. The third-order valence-electron chi connectivity index (χ3n) is 2.61. The molecular formula is C13H12Cl2N2O. The summed E-state index contributed by atoms with van der Waals surface area (Å²) in [5, 5.41) is 1.11. The van der Waals surface area contributed by atoms with Gasteiger partial charge in [-0.15, -0.1) is 0 Å². The fourth-order valence-electron chi connectivity index (χ4n) is 1.72. The molecule has 0 spiro atoms. The first-order valence-electron chi connectivity index (χ1n) is 5.33. The lowest BCUT2D eigenvalue weighted by Crippen LogP contribution is -2.15. The Morgan fingerprint density at radius 1 is 1.28 bits per heavy atom. The summed E-state index contributed by atoms with van der Waals surface area (Å²) in [6.45, 7) is 0. The molecule has 2 aromatic rings. The molecule has 94 valence electrons. The van der Waals surface area contributed by atoms with Crippen LogP contribution in [0.25, 0.3) is 0 Å². The van der Waals surface area contributed by atoms with Gasteiger partial charge in [-0.3, -0.25) is 4.98 Å². The molecule has 0 radical (unpaired) electrons. The van der Waals surface area contributed by atoms with Crippen LogP contribution in [0.5, 0.6) is 5.75 Å². The van der Waals surface area contributed by atoms with Crippen molar-refractivity contribution in [2.75, 3.05) is 7.11 Å². The molecule has 2 N–H and O–H groups in total. The number of nitrogens with two attached hydrogens (primary N) is 1. The van der Waals surface area contributed by atoms with Crippen LogP contribution in [0.2, 0.25) is 10.0 Å². The van der Waals surface area contributed by atoms with E-state index in [0.29, 0.717) is 21.5 Å². The van der Waals surface area contributed by atoms with Gasteiger partial charge in [0.05, 0.1) is 23.9 Å². The quantitative estimate of drug-likeness (QED) is 0.938. The standard InChI is InChI=1S/C13H12Cl2N2O/c1-18-11-5-4-8(14)7-9(11)12(16)13-10(15)3-2-6-17-13/h2-7,12H,16H2,1H3. The molecule has 0 saturated carbocycles. The number of benzene rings is 1. The summed E-state index contributed by atoms with van der Waals surface area (Å²) in [5.74, 6) is 0.661. The molecule has 1 heterocycles. The SMILES string of the molecule is COc1ccc(Cl)cc1C(N)c1ncccc1Cl. The number of aromatic nitrogens is 1. The lowest BCUT2D eigenvalue weighted by atomic mass is 10.0. The van der Waals surface area contributed by atoms with Crippen LogP contribution in [0.4, 0.5) is 0 Å². The number of nitrogens with zero attached hydrogens (tertiary/aromatic N) is 1. The second-order valence-corrected chi connectivity index (χ2v) is 4.58. The van der Waals surface area contributed by atoms with Crippen molar-refractivity contribution in [3.05, 3.63) is 57.8 Å². The maximum Gasteiger partial charge on any atom is 0.124 e. The Morgan fingerprint density at radius 3 is 2.72 bits per heavy atom. The third-order valence-corrected chi connectivity index (χ3v) is 3.16. The third kappa shape index (κ3) is 2.58. The highest BCUT2D eigenvalue weighted by molar-refractivity contribution is 6.31. The average Bonchev–Trinajstić information content (AvgIpc) is 2.38. The topological polar surface area (TPSA) is 48.1 Å². The summed E-state index contributed by atoms with van der Waals surface area (Å²) >= 11 is 12.1. The zero-order valence-electron chi connectivity index (χ0n) is 9.73. The Hall–Kier alpha value is -1.29. The fraction of sp³-hybridized carbons (Fsp3) is 0.154. The molecule has 0 aliphatic rings. The first-order chi connectivity index (χ1) is 8.63. The smallest absolute Gasteiger partial charge is 0.124 e. The van der Waals surface area contributed by atoms with E-state index in [-0.39, 0.29) is 0 Å². The van der Waals surface area contributed by atoms with E-state index in [1.807, 2.05) is 0 Å². The fourth-order valence-corrected chi connectivity index (χ4v) is 2.14. The summed E-state index contributed by atoms with van der Waals surface area (Å²) in [6.07, 6.45) is 1.65. The van der Waals surface area contributed by atoms with Gasteiger partial charge in [-0.2, -0.15) is 0 Å². The largest absolute Gasteiger partial charge is 0.496 e. The summed E-state index contributed by atoms with van der Waals surface area (Å²) in [7, 11) is 1.58. The number of pyridine rings is 1. The van der Waals surface area contributed by atoms with Gasteiger partial charge in [0.25, 0.3) is 0 Å². The van der Waals surface area contributed by atoms with Crippen LogP contribution in [0, 0.1) is 0 Å². The van der Waals surface area contributed by atoms with Crippen LogP contribution >= 0.6 is 23.2 Å². The van der Waals surface area contributed by atoms with Crippen molar-refractivity contribution >= 4 is 23.2 Å². The van der Waals surface area contributed by atoms with E-state index in [9.17, 15) is 0 Å². The van der Waals surface area contributed by atoms with Crippen molar-refractivity contribution < 1.29 is 4.74 Å². The van der Waals surface area contributed by atoms with E-state index in [1.165, 1.54) is 0 Å². The van der Waals surface area contributed by atoms with Gasteiger partial charge in [0, 0.05) is 16.8 Å². The molecule has 1 atom stereocenters. The normalized spacial score (nSPS) is 12.2. The number of hydrogen-bond acceptors (Lipinski definition) is 3. The van der Waals surface area contributed by atoms with Gasteiger partial charge >= 0.3 is 0 Å². The lowest BCUT2D eigenvalue weighted by Gasteiger charge is -2.16. The zero-order chi connectivity index (χ0) is 13.1.